The maximum absolute atomic E-state index is 12.0. The summed E-state index contributed by atoms with van der Waals surface area (Å²) in [4.78, 5) is 30.8. The number of hydrogen-bond acceptors (Lipinski definition) is 7. The van der Waals surface area contributed by atoms with E-state index >= 15 is 0 Å². The fourth-order valence-corrected chi connectivity index (χ4v) is 2.73. The quantitative estimate of drug-likeness (QED) is 0.206. The van der Waals surface area contributed by atoms with Crippen LogP contribution in [0.1, 0.15) is 33.6 Å². The lowest BCUT2D eigenvalue weighted by atomic mass is 10.0. The Morgan fingerprint density at radius 2 is 2.00 bits per heavy atom. The number of benzene rings is 1. The van der Waals surface area contributed by atoms with Crippen molar-refractivity contribution in [2.24, 2.45) is 15.9 Å². The zero-order valence-corrected chi connectivity index (χ0v) is 17.1. The molecule has 0 saturated heterocycles. The number of hydrazone groups is 1. The number of carboxylic acid groups (broad SMARTS) is 1. The zero-order chi connectivity index (χ0) is 22.1. The van der Waals surface area contributed by atoms with Crippen molar-refractivity contribution in [3.63, 3.8) is 0 Å². The molecule has 0 aliphatic carbocycles. The number of aromatic hydroxyl groups is 1. The summed E-state index contributed by atoms with van der Waals surface area (Å²) in [5, 5.41) is 25.4. The molecule has 1 aromatic heterocycles. The summed E-state index contributed by atoms with van der Waals surface area (Å²) < 4.78 is 0. The number of amides is 1. The molecule has 1 amide bonds. The lowest BCUT2D eigenvalue weighted by Crippen LogP contribution is -2.30. The minimum absolute atomic E-state index is 0.284. The van der Waals surface area contributed by atoms with Gasteiger partial charge in [-0.15, -0.1) is 0 Å². The number of hydrogen-bond donors (Lipinski definition) is 4. The molecule has 0 aliphatic heterocycles. The molecule has 0 bridgehead atoms. The number of aryl methyl sites for hydroxylation is 1. The molecule has 9 nitrogen and oxygen atoms in total. The van der Waals surface area contributed by atoms with Gasteiger partial charge in [0, 0.05) is 35.1 Å². The largest absolute Gasteiger partial charge is 0.505 e. The van der Waals surface area contributed by atoms with Crippen LogP contribution in [-0.4, -0.2) is 52.1 Å². The summed E-state index contributed by atoms with van der Waals surface area (Å²) in [5.74, 6) is 3.06. The summed E-state index contributed by atoms with van der Waals surface area (Å²) in [6.45, 7) is 1.52. The van der Waals surface area contributed by atoms with Crippen molar-refractivity contribution in [3.05, 3.63) is 57.9 Å². The van der Waals surface area contributed by atoms with Crippen LogP contribution in [0.4, 0.5) is 0 Å². The number of carbonyl (C=O) groups excluding carboxylic acids is 1. The molecule has 0 atom stereocenters. The Kier molecular flexibility index (Phi) is 8.30. The van der Waals surface area contributed by atoms with Gasteiger partial charge in [-0.1, -0.05) is 23.7 Å². The second kappa shape index (κ2) is 10.9. The third-order valence-electron chi connectivity index (χ3n) is 4.22. The predicted molar refractivity (Wildman–Crippen MR) is 114 cm³/mol. The van der Waals surface area contributed by atoms with E-state index in [1.807, 2.05) is 24.3 Å². The standard InChI is InChI=1S/C20H22ClN5O4/c1-12-15(9-24-18(19(12)29)20(30)25-11-17(27)28)16(26-22)10-23-8-2-3-13-4-6-14(21)7-5-13/h4-7,9-10,29H,2-3,8,11,22H2,1H3,(H,25,30)(H,27,28)/b23-10?,26-16+. The van der Waals surface area contributed by atoms with Gasteiger partial charge in [0.15, 0.2) is 11.4 Å². The molecule has 2 aromatic rings. The van der Waals surface area contributed by atoms with Gasteiger partial charge < -0.3 is 21.4 Å². The number of halogens is 1. The molecule has 30 heavy (non-hydrogen) atoms. The number of pyridine rings is 1. The molecule has 0 radical (unpaired) electrons. The van der Waals surface area contributed by atoms with Crippen molar-refractivity contribution in [2.75, 3.05) is 13.1 Å². The third kappa shape index (κ3) is 6.28. The predicted octanol–water partition coefficient (Wildman–Crippen LogP) is 1.93. The van der Waals surface area contributed by atoms with Gasteiger partial charge in [0.2, 0.25) is 0 Å². The van der Waals surface area contributed by atoms with Crippen LogP contribution in [0.5, 0.6) is 5.75 Å². The number of nitrogens with zero attached hydrogens (tertiary/aromatic N) is 3. The molecule has 158 valence electrons. The summed E-state index contributed by atoms with van der Waals surface area (Å²) in [5.41, 5.74) is 1.89. The van der Waals surface area contributed by atoms with Gasteiger partial charge in [-0.05, 0) is 37.5 Å². The van der Waals surface area contributed by atoms with E-state index in [-0.39, 0.29) is 11.4 Å². The molecule has 0 spiro atoms. The first-order chi connectivity index (χ1) is 14.3. The SMILES string of the molecule is Cc1c(/C(C=NCCCc2ccc(Cl)cc2)=N/N)cnc(C(=O)NCC(=O)O)c1O. The van der Waals surface area contributed by atoms with Crippen molar-refractivity contribution in [1.29, 1.82) is 0 Å². The van der Waals surface area contributed by atoms with E-state index in [9.17, 15) is 14.7 Å². The third-order valence-corrected chi connectivity index (χ3v) is 4.47. The summed E-state index contributed by atoms with van der Waals surface area (Å²) in [6.07, 6.45) is 4.46. The Bertz CT molecular complexity index is 974. The first-order valence-electron chi connectivity index (χ1n) is 9.04. The van der Waals surface area contributed by atoms with Gasteiger partial charge >= 0.3 is 5.97 Å². The molecule has 1 heterocycles. The topological polar surface area (TPSA) is 150 Å². The first kappa shape index (κ1) is 22.8. The molecule has 5 N–H and O–H groups in total. The number of aliphatic imine (C=N–C) groups is 1. The second-order valence-electron chi connectivity index (χ2n) is 6.35. The maximum atomic E-state index is 12.0. The molecule has 0 unspecified atom stereocenters. The Balaban J connectivity index is 2.02. The Labute approximate surface area is 178 Å². The van der Waals surface area contributed by atoms with Crippen LogP contribution < -0.4 is 11.2 Å². The van der Waals surface area contributed by atoms with Crippen LogP contribution in [0.25, 0.3) is 0 Å². The normalized spacial score (nSPS) is 11.6. The summed E-state index contributed by atoms with van der Waals surface area (Å²) >= 11 is 5.87. The number of aromatic nitrogens is 1. The lowest BCUT2D eigenvalue weighted by molar-refractivity contribution is -0.135. The summed E-state index contributed by atoms with van der Waals surface area (Å²) in [7, 11) is 0. The smallest absolute Gasteiger partial charge is 0.322 e. The van der Waals surface area contributed by atoms with Crippen LogP contribution in [0.15, 0.2) is 40.6 Å². The molecule has 0 aliphatic rings. The number of nitrogens with two attached hydrogens (primary N) is 1. The molecule has 0 fully saturated rings. The number of nitrogens with one attached hydrogen (secondary N) is 1. The van der Waals surface area contributed by atoms with Crippen molar-refractivity contribution >= 4 is 35.4 Å². The molecule has 2 rings (SSSR count). The van der Waals surface area contributed by atoms with Gasteiger partial charge in [0.25, 0.3) is 5.91 Å². The molecule has 0 saturated carbocycles. The number of rotatable bonds is 9. The van der Waals surface area contributed by atoms with Crippen molar-refractivity contribution in [2.45, 2.75) is 19.8 Å². The van der Waals surface area contributed by atoms with E-state index in [1.54, 1.807) is 6.92 Å². The highest BCUT2D eigenvalue weighted by atomic mass is 35.5. The van der Waals surface area contributed by atoms with E-state index in [0.717, 1.165) is 18.4 Å². The fourth-order valence-electron chi connectivity index (χ4n) is 2.61. The van der Waals surface area contributed by atoms with Gasteiger partial charge in [-0.25, -0.2) is 4.98 Å². The highest BCUT2D eigenvalue weighted by molar-refractivity contribution is 6.38. The van der Waals surface area contributed by atoms with Crippen LogP contribution in [0.2, 0.25) is 5.02 Å². The number of carbonyl (C=O) groups is 2. The Morgan fingerprint density at radius 1 is 1.30 bits per heavy atom. The molecule has 1 aromatic carbocycles. The average Bonchev–Trinajstić information content (AvgIpc) is 2.72. The minimum atomic E-state index is -1.21. The van der Waals surface area contributed by atoms with E-state index in [4.69, 9.17) is 22.6 Å². The van der Waals surface area contributed by atoms with E-state index < -0.39 is 18.4 Å². The zero-order valence-electron chi connectivity index (χ0n) is 16.3. The molecular formula is C20H22ClN5O4. The van der Waals surface area contributed by atoms with Crippen LogP contribution in [0, 0.1) is 6.92 Å². The fraction of sp³-hybridized carbons (Fsp3) is 0.250. The van der Waals surface area contributed by atoms with Gasteiger partial charge in [0.1, 0.15) is 12.3 Å². The van der Waals surface area contributed by atoms with Gasteiger partial charge in [0.05, 0.1) is 0 Å². The Morgan fingerprint density at radius 3 is 2.63 bits per heavy atom. The average molecular weight is 432 g/mol. The summed E-state index contributed by atoms with van der Waals surface area (Å²) in [6, 6.07) is 7.61. The molecular weight excluding hydrogens is 410 g/mol. The van der Waals surface area contributed by atoms with E-state index in [1.165, 1.54) is 12.4 Å². The lowest BCUT2D eigenvalue weighted by Gasteiger charge is -2.10. The minimum Gasteiger partial charge on any atom is -0.505 e. The highest BCUT2D eigenvalue weighted by Gasteiger charge is 2.19. The number of carboxylic acids is 1. The van der Waals surface area contributed by atoms with Crippen LogP contribution >= 0.6 is 11.6 Å². The van der Waals surface area contributed by atoms with Gasteiger partial charge in [-0.3, -0.25) is 14.6 Å². The van der Waals surface area contributed by atoms with Gasteiger partial charge in [-0.2, -0.15) is 5.10 Å². The highest BCUT2D eigenvalue weighted by Crippen LogP contribution is 2.23. The van der Waals surface area contributed by atoms with Crippen LogP contribution in [0.3, 0.4) is 0 Å². The monoisotopic (exact) mass is 431 g/mol. The van der Waals surface area contributed by atoms with Crippen LogP contribution in [-0.2, 0) is 11.2 Å². The van der Waals surface area contributed by atoms with Crippen molar-refractivity contribution in [3.8, 4) is 5.75 Å². The van der Waals surface area contributed by atoms with E-state index in [2.05, 4.69) is 20.4 Å². The van der Waals surface area contributed by atoms with Crippen molar-refractivity contribution < 1.29 is 19.8 Å². The molecule has 10 heteroatoms. The van der Waals surface area contributed by atoms with E-state index in [0.29, 0.717) is 28.4 Å². The number of aliphatic carboxylic acids is 1. The Hall–Kier alpha value is -3.46. The maximum Gasteiger partial charge on any atom is 0.322 e. The second-order valence-corrected chi connectivity index (χ2v) is 6.79. The first-order valence-corrected chi connectivity index (χ1v) is 9.42. The van der Waals surface area contributed by atoms with Crippen molar-refractivity contribution in [1.82, 2.24) is 10.3 Å².